The van der Waals surface area contributed by atoms with Crippen LogP contribution in [0.15, 0.2) is 0 Å². The van der Waals surface area contributed by atoms with Crippen molar-refractivity contribution in [2.45, 2.75) is 97.8 Å². The van der Waals surface area contributed by atoms with Crippen molar-refractivity contribution in [3.8, 4) is 0 Å². The van der Waals surface area contributed by atoms with E-state index in [1.54, 1.807) is 0 Å². The molecule has 0 radical (unpaired) electrons. The molecule has 0 aliphatic heterocycles. The third-order valence-corrected chi connectivity index (χ3v) is 5.25. The Balaban J connectivity index is 2.19. The molecule has 0 saturated heterocycles. The minimum Gasteiger partial charge on any atom is -0.465 e. The molecule has 0 N–H and O–H groups in total. The molecule has 1 rings (SSSR count). The van der Waals surface area contributed by atoms with E-state index in [1.165, 1.54) is 25.7 Å². The van der Waals surface area contributed by atoms with E-state index in [4.69, 9.17) is 9.47 Å². The molecule has 2 unspecified atom stereocenters. The summed E-state index contributed by atoms with van der Waals surface area (Å²) in [5.41, 5.74) is 0. The number of hydrogen-bond acceptors (Lipinski definition) is 4. The van der Waals surface area contributed by atoms with Crippen LogP contribution in [0, 0.1) is 17.8 Å². The number of esters is 2. The summed E-state index contributed by atoms with van der Waals surface area (Å²) in [7, 11) is 0. The van der Waals surface area contributed by atoms with E-state index >= 15 is 0 Å². The summed E-state index contributed by atoms with van der Waals surface area (Å²) in [5, 5.41) is 0. The van der Waals surface area contributed by atoms with Crippen LogP contribution in [0.5, 0.6) is 0 Å². The first-order valence-corrected chi connectivity index (χ1v) is 10.9. The fourth-order valence-electron chi connectivity index (χ4n) is 3.56. The van der Waals surface area contributed by atoms with E-state index in [2.05, 4.69) is 20.8 Å². The maximum absolute atomic E-state index is 12.2. The SMILES string of the molecule is CCCCCCCOC(=O)C1CCCC(C(=O)OCCCCC(C)C)C1. The van der Waals surface area contributed by atoms with Crippen LogP contribution in [-0.4, -0.2) is 25.2 Å². The molecule has 1 saturated carbocycles. The van der Waals surface area contributed by atoms with Crippen molar-refractivity contribution in [1.29, 1.82) is 0 Å². The number of carbonyl (C=O) groups excluding carboxylic acids is 2. The summed E-state index contributed by atoms with van der Waals surface area (Å²) in [6, 6.07) is 0. The van der Waals surface area contributed by atoms with Crippen LogP contribution in [0.1, 0.15) is 97.8 Å². The zero-order valence-corrected chi connectivity index (χ0v) is 17.3. The number of hydrogen-bond donors (Lipinski definition) is 0. The molecular weight excluding hydrogens is 328 g/mol. The highest BCUT2D eigenvalue weighted by Gasteiger charge is 2.32. The van der Waals surface area contributed by atoms with Crippen LogP contribution >= 0.6 is 0 Å². The van der Waals surface area contributed by atoms with Gasteiger partial charge in [-0.3, -0.25) is 9.59 Å². The van der Waals surface area contributed by atoms with Crippen LogP contribution in [0.3, 0.4) is 0 Å². The lowest BCUT2D eigenvalue weighted by molar-refractivity contribution is -0.155. The quantitative estimate of drug-likeness (QED) is 0.310. The van der Waals surface area contributed by atoms with Crippen LogP contribution in [0.25, 0.3) is 0 Å². The molecule has 0 aromatic heterocycles. The largest absolute Gasteiger partial charge is 0.465 e. The molecule has 4 heteroatoms. The second-order valence-corrected chi connectivity index (χ2v) is 8.20. The highest BCUT2D eigenvalue weighted by atomic mass is 16.5. The summed E-state index contributed by atoms with van der Waals surface area (Å²) < 4.78 is 10.9. The van der Waals surface area contributed by atoms with E-state index < -0.39 is 0 Å². The lowest BCUT2D eigenvalue weighted by Gasteiger charge is -2.26. The molecule has 152 valence electrons. The molecule has 0 bridgehead atoms. The van der Waals surface area contributed by atoms with Gasteiger partial charge in [0.25, 0.3) is 0 Å². The molecule has 4 nitrogen and oxygen atoms in total. The fraction of sp³-hybridized carbons (Fsp3) is 0.909. The Morgan fingerprint density at radius 3 is 1.92 bits per heavy atom. The van der Waals surface area contributed by atoms with Crippen molar-refractivity contribution in [3.05, 3.63) is 0 Å². The standard InChI is InChI=1S/C22H40O4/c1-4-5-6-7-9-15-25-21(23)19-13-11-14-20(17-19)22(24)26-16-10-8-12-18(2)3/h18-20H,4-17H2,1-3H3. The summed E-state index contributed by atoms with van der Waals surface area (Å²) in [4.78, 5) is 24.5. The van der Waals surface area contributed by atoms with Gasteiger partial charge in [-0.1, -0.05) is 59.3 Å². The first kappa shape index (κ1) is 23.0. The predicted octanol–water partition coefficient (Wildman–Crippen LogP) is 5.68. The summed E-state index contributed by atoms with van der Waals surface area (Å²) in [6.07, 6.45) is 12.1. The normalized spacial score (nSPS) is 20.2. The van der Waals surface area contributed by atoms with Gasteiger partial charge in [0.1, 0.15) is 0 Å². The Morgan fingerprint density at radius 2 is 1.38 bits per heavy atom. The van der Waals surface area contributed by atoms with E-state index in [-0.39, 0.29) is 23.8 Å². The molecular formula is C22H40O4. The third-order valence-electron chi connectivity index (χ3n) is 5.25. The maximum atomic E-state index is 12.2. The van der Waals surface area contributed by atoms with Gasteiger partial charge in [-0.2, -0.15) is 0 Å². The zero-order chi connectivity index (χ0) is 19.2. The Bertz CT molecular complexity index is 392. The number of rotatable bonds is 13. The molecule has 0 aromatic rings. The summed E-state index contributed by atoms with van der Waals surface area (Å²) >= 11 is 0. The van der Waals surface area contributed by atoms with E-state index in [0.717, 1.165) is 44.9 Å². The zero-order valence-electron chi connectivity index (χ0n) is 17.3. The topological polar surface area (TPSA) is 52.6 Å². The summed E-state index contributed by atoms with van der Waals surface area (Å²) in [6.45, 7) is 7.63. The minimum atomic E-state index is -0.129. The first-order chi connectivity index (χ1) is 12.5. The van der Waals surface area contributed by atoms with Crippen molar-refractivity contribution < 1.29 is 19.1 Å². The Labute approximate surface area is 160 Å². The van der Waals surface area contributed by atoms with Gasteiger partial charge in [0.2, 0.25) is 0 Å². The molecule has 1 fully saturated rings. The second kappa shape index (κ2) is 14.1. The number of ether oxygens (including phenoxy) is 2. The van der Waals surface area contributed by atoms with E-state index in [0.29, 0.717) is 25.6 Å². The predicted molar refractivity (Wildman–Crippen MR) is 105 cm³/mol. The Hall–Kier alpha value is -1.06. The van der Waals surface area contributed by atoms with Crippen LogP contribution in [0.2, 0.25) is 0 Å². The minimum absolute atomic E-state index is 0.116. The van der Waals surface area contributed by atoms with E-state index in [9.17, 15) is 9.59 Å². The molecule has 2 atom stereocenters. The monoisotopic (exact) mass is 368 g/mol. The Morgan fingerprint density at radius 1 is 0.846 bits per heavy atom. The van der Waals surface area contributed by atoms with Crippen molar-refractivity contribution >= 4 is 11.9 Å². The highest BCUT2D eigenvalue weighted by Crippen LogP contribution is 2.31. The molecule has 1 aliphatic carbocycles. The van der Waals surface area contributed by atoms with Gasteiger partial charge in [-0.25, -0.2) is 0 Å². The second-order valence-electron chi connectivity index (χ2n) is 8.20. The van der Waals surface area contributed by atoms with Crippen molar-refractivity contribution in [2.24, 2.45) is 17.8 Å². The van der Waals surface area contributed by atoms with Crippen molar-refractivity contribution in [3.63, 3.8) is 0 Å². The molecule has 1 aliphatic rings. The first-order valence-electron chi connectivity index (χ1n) is 10.9. The van der Waals surface area contributed by atoms with E-state index in [1.807, 2.05) is 0 Å². The number of unbranched alkanes of at least 4 members (excludes halogenated alkanes) is 5. The number of carbonyl (C=O) groups is 2. The molecule has 0 aromatic carbocycles. The lowest BCUT2D eigenvalue weighted by atomic mass is 9.81. The molecule has 0 spiro atoms. The lowest BCUT2D eigenvalue weighted by Crippen LogP contribution is -2.30. The Kier molecular flexibility index (Phi) is 12.4. The fourth-order valence-corrected chi connectivity index (χ4v) is 3.56. The van der Waals surface area contributed by atoms with Crippen LogP contribution in [-0.2, 0) is 19.1 Å². The molecule has 0 heterocycles. The van der Waals surface area contributed by atoms with Crippen LogP contribution in [0.4, 0.5) is 0 Å². The maximum Gasteiger partial charge on any atom is 0.308 e. The van der Waals surface area contributed by atoms with Gasteiger partial charge in [0.15, 0.2) is 0 Å². The molecule has 26 heavy (non-hydrogen) atoms. The van der Waals surface area contributed by atoms with Gasteiger partial charge in [-0.05, 0) is 44.4 Å². The summed E-state index contributed by atoms with van der Waals surface area (Å²) in [5.74, 6) is 0.206. The van der Waals surface area contributed by atoms with Gasteiger partial charge in [-0.15, -0.1) is 0 Å². The highest BCUT2D eigenvalue weighted by molar-refractivity contribution is 5.76. The third kappa shape index (κ3) is 10.2. The van der Waals surface area contributed by atoms with Gasteiger partial charge >= 0.3 is 11.9 Å². The van der Waals surface area contributed by atoms with Crippen LogP contribution < -0.4 is 0 Å². The molecule has 0 amide bonds. The van der Waals surface area contributed by atoms with Gasteiger partial charge in [0, 0.05) is 0 Å². The average Bonchev–Trinajstić information content (AvgIpc) is 2.63. The van der Waals surface area contributed by atoms with Gasteiger partial charge in [0.05, 0.1) is 25.0 Å². The van der Waals surface area contributed by atoms with Crippen molar-refractivity contribution in [1.82, 2.24) is 0 Å². The average molecular weight is 369 g/mol. The van der Waals surface area contributed by atoms with Crippen molar-refractivity contribution in [2.75, 3.05) is 13.2 Å². The van der Waals surface area contributed by atoms with Gasteiger partial charge < -0.3 is 9.47 Å². The smallest absolute Gasteiger partial charge is 0.308 e.